The van der Waals surface area contributed by atoms with Gasteiger partial charge in [0.05, 0.1) is 6.61 Å². The largest absolute Gasteiger partial charge is 0.356 e. The summed E-state index contributed by atoms with van der Waals surface area (Å²) in [4.78, 5) is 11.1. The van der Waals surface area contributed by atoms with Crippen LogP contribution in [-0.2, 0) is 9.53 Å². The van der Waals surface area contributed by atoms with Gasteiger partial charge in [-0.15, -0.1) is 0 Å². The number of ether oxygens (including phenoxy) is 1. The molecule has 52 valence electrons. The lowest BCUT2D eigenvalue weighted by molar-refractivity contribution is -0.118. The van der Waals surface area contributed by atoms with Gasteiger partial charge in [-0.1, -0.05) is 11.6 Å². The third-order valence-electron chi connectivity index (χ3n) is 1.83. The SMILES string of the molecule is CC1=CC2(CO2)C(=O)C=C1. The van der Waals surface area contributed by atoms with Crippen LogP contribution in [0.3, 0.4) is 0 Å². The maximum absolute atomic E-state index is 11.1. The maximum Gasteiger partial charge on any atom is 0.193 e. The van der Waals surface area contributed by atoms with Crippen LogP contribution in [0.1, 0.15) is 6.92 Å². The van der Waals surface area contributed by atoms with Crippen molar-refractivity contribution in [3.8, 4) is 0 Å². The molecule has 1 heterocycles. The van der Waals surface area contributed by atoms with Crippen molar-refractivity contribution in [3.63, 3.8) is 0 Å². The number of epoxide rings is 1. The van der Waals surface area contributed by atoms with Gasteiger partial charge in [-0.25, -0.2) is 0 Å². The summed E-state index contributed by atoms with van der Waals surface area (Å²) in [5, 5.41) is 0. The summed E-state index contributed by atoms with van der Waals surface area (Å²) in [6.07, 6.45) is 5.28. The normalized spacial score (nSPS) is 36.5. The smallest absolute Gasteiger partial charge is 0.193 e. The van der Waals surface area contributed by atoms with E-state index in [0.29, 0.717) is 6.61 Å². The van der Waals surface area contributed by atoms with E-state index in [4.69, 9.17) is 4.74 Å². The van der Waals surface area contributed by atoms with E-state index < -0.39 is 5.60 Å². The first-order chi connectivity index (χ1) is 4.73. The predicted octanol–water partition coefficient (Wildman–Crippen LogP) is 0.841. The number of hydrogen-bond donors (Lipinski definition) is 0. The summed E-state index contributed by atoms with van der Waals surface area (Å²) >= 11 is 0. The van der Waals surface area contributed by atoms with Crippen molar-refractivity contribution in [1.82, 2.24) is 0 Å². The highest BCUT2D eigenvalue weighted by atomic mass is 16.6. The molecule has 2 rings (SSSR count). The molecule has 0 aromatic rings. The van der Waals surface area contributed by atoms with Gasteiger partial charge >= 0.3 is 0 Å². The van der Waals surface area contributed by atoms with E-state index in [0.717, 1.165) is 5.57 Å². The second-order valence-corrected chi connectivity index (χ2v) is 2.76. The molecule has 2 nitrogen and oxygen atoms in total. The van der Waals surface area contributed by atoms with Crippen LogP contribution in [0.5, 0.6) is 0 Å². The molecule has 0 N–H and O–H groups in total. The van der Waals surface area contributed by atoms with Gasteiger partial charge in [-0.3, -0.25) is 4.79 Å². The molecule has 2 heteroatoms. The number of allylic oxidation sites excluding steroid dienone is 2. The lowest BCUT2D eigenvalue weighted by Gasteiger charge is -2.06. The van der Waals surface area contributed by atoms with Crippen molar-refractivity contribution in [1.29, 1.82) is 0 Å². The van der Waals surface area contributed by atoms with Crippen LogP contribution in [0.25, 0.3) is 0 Å². The van der Waals surface area contributed by atoms with Crippen molar-refractivity contribution in [3.05, 3.63) is 23.8 Å². The third-order valence-corrected chi connectivity index (χ3v) is 1.83. The number of carbonyl (C=O) groups excluding carboxylic acids is 1. The average molecular weight is 136 g/mol. The van der Waals surface area contributed by atoms with Gasteiger partial charge in [0.1, 0.15) is 0 Å². The number of rotatable bonds is 0. The standard InChI is InChI=1S/C8H8O2/c1-6-2-3-7(9)8(4-6)5-10-8/h2-4H,5H2,1H3. The summed E-state index contributed by atoms with van der Waals surface area (Å²) in [5.74, 6) is 0.0816. The molecule has 1 atom stereocenters. The number of hydrogen-bond acceptors (Lipinski definition) is 2. The highest BCUT2D eigenvalue weighted by molar-refractivity contribution is 6.02. The van der Waals surface area contributed by atoms with Crippen LogP contribution in [0.2, 0.25) is 0 Å². The fourth-order valence-electron chi connectivity index (χ4n) is 1.14. The molecule has 0 saturated carbocycles. The van der Waals surface area contributed by atoms with Crippen molar-refractivity contribution >= 4 is 5.78 Å². The molecule has 0 bridgehead atoms. The minimum atomic E-state index is -0.529. The Hall–Kier alpha value is -0.890. The molecule has 2 aliphatic rings. The Kier molecular flexibility index (Phi) is 0.926. The van der Waals surface area contributed by atoms with E-state index >= 15 is 0 Å². The summed E-state index contributed by atoms with van der Waals surface area (Å²) < 4.78 is 5.04. The van der Waals surface area contributed by atoms with E-state index in [1.807, 2.05) is 19.1 Å². The molecule has 1 aliphatic carbocycles. The van der Waals surface area contributed by atoms with E-state index in [1.54, 1.807) is 6.08 Å². The Bertz CT molecular complexity index is 244. The van der Waals surface area contributed by atoms with Gasteiger partial charge in [0.2, 0.25) is 0 Å². The van der Waals surface area contributed by atoms with Crippen molar-refractivity contribution < 1.29 is 9.53 Å². The first-order valence-electron chi connectivity index (χ1n) is 3.29. The zero-order chi connectivity index (χ0) is 7.19. The molecule has 1 spiro atoms. The Morgan fingerprint density at radius 1 is 1.60 bits per heavy atom. The van der Waals surface area contributed by atoms with Gasteiger partial charge in [-0.2, -0.15) is 0 Å². The molecule has 0 aromatic carbocycles. The summed E-state index contributed by atoms with van der Waals surface area (Å²) in [7, 11) is 0. The second kappa shape index (κ2) is 1.58. The van der Waals surface area contributed by atoms with Gasteiger partial charge in [0, 0.05) is 0 Å². The highest BCUT2D eigenvalue weighted by Gasteiger charge is 2.49. The summed E-state index contributed by atoms with van der Waals surface area (Å²) in [6.45, 7) is 2.53. The molecule has 1 aliphatic heterocycles. The van der Waals surface area contributed by atoms with Gasteiger partial charge in [0.25, 0.3) is 0 Å². The van der Waals surface area contributed by atoms with Crippen LogP contribution in [0.4, 0.5) is 0 Å². The highest BCUT2D eigenvalue weighted by Crippen LogP contribution is 2.33. The first-order valence-corrected chi connectivity index (χ1v) is 3.29. The van der Waals surface area contributed by atoms with Gasteiger partial charge in [0.15, 0.2) is 11.4 Å². The van der Waals surface area contributed by atoms with Gasteiger partial charge in [-0.05, 0) is 19.1 Å². The van der Waals surface area contributed by atoms with Crippen LogP contribution in [0.15, 0.2) is 23.8 Å². The Morgan fingerprint density at radius 3 is 2.80 bits per heavy atom. The molecular formula is C8H8O2. The quantitative estimate of drug-likeness (QED) is 0.462. The van der Waals surface area contributed by atoms with Crippen LogP contribution in [-0.4, -0.2) is 18.0 Å². The van der Waals surface area contributed by atoms with E-state index in [9.17, 15) is 4.79 Å². The molecule has 10 heavy (non-hydrogen) atoms. The van der Waals surface area contributed by atoms with Crippen molar-refractivity contribution in [2.75, 3.05) is 6.61 Å². The molecule has 0 aromatic heterocycles. The number of ketones is 1. The molecular weight excluding hydrogens is 128 g/mol. The zero-order valence-electron chi connectivity index (χ0n) is 5.76. The molecule has 0 amide bonds. The topological polar surface area (TPSA) is 29.6 Å². The second-order valence-electron chi connectivity index (χ2n) is 2.76. The lowest BCUT2D eigenvalue weighted by atomic mass is 9.96. The Balaban J connectivity index is 2.38. The minimum Gasteiger partial charge on any atom is -0.356 e. The predicted molar refractivity (Wildman–Crippen MR) is 36.6 cm³/mol. The monoisotopic (exact) mass is 136 g/mol. The van der Waals surface area contributed by atoms with Crippen LogP contribution in [0, 0.1) is 0 Å². The zero-order valence-corrected chi connectivity index (χ0v) is 5.76. The molecule has 0 radical (unpaired) electrons. The minimum absolute atomic E-state index is 0.0816. The third kappa shape index (κ3) is 0.656. The number of carbonyl (C=O) groups is 1. The summed E-state index contributed by atoms with van der Waals surface area (Å²) in [6, 6.07) is 0. The molecule has 1 saturated heterocycles. The fraction of sp³-hybridized carbons (Fsp3) is 0.375. The van der Waals surface area contributed by atoms with Crippen molar-refractivity contribution in [2.24, 2.45) is 0 Å². The maximum atomic E-state index is 11.1. The summed E-state index contributed by atoms with van der Waals surface area (Å²) in [5.41, 5.74) is 0.579. The Morgan fingerprint density at radius 2 is 2.30 bits per heavy atom. The molecule has 1 fully saturated rings. The van der Waals surface area contributed by atoms with Crippen LogP contribution < -0.4 is 0 Å². The average Bonchev–Trinajstić information content (AvgIpc) is 2.62. The van der Waals surface area contributed by atoms with Crippen molar-refractivity contribution in [2.45, 2.75) is 12.5 Å². The van der Waals surface area contributed by atoms with E-state index in [1.165, 1.54) is 0 Å². The molecule has 1 unspecified atom stereocenters. The fourth-order valence-corrected chi connectivity index (χ4v) is 1.14. The first kappa shape index (κ1) is 5.86. The lowest BCUT2D eigenvalue weighted by Crippen LogP contribution is -2.22. The Labute approximate surface area is 59.2 Å². The van der Waals surface area contributed by atoms with Gasteiger partial charge < -0.3 is 4.74 Å². The van der Waals surface area contributed by atoms with E-state index in [2.05, 4.69) is 0 Å². The van der Waals surface area contributed by atoms with E-state index in [-0.39, 0.29) is 5.78 Å². The van der Waals surface area contributed by atoms with Crippen LogP contribution >= 0.6 is 0 Å².